The summed E-state index contributed by atoms with van der Waals surface area (Å²) in [6, 6.07) is 2.13. The molecule has 0 spiro atoms. The Morgan fingerprint density at radius 2 is 2.04 bits per heavy atom. The molecule has 0 saturated heterocycles. The summed E-state index contributed by atoms with van der Waals surface area (Å²) in [6.45, 7) is 11.1. The van der Waals surface area contributed by atoms with E-state index in [4.69, 9.17) is 0 Å². The smallest absolute Gasteiger partial charge is 0.254 e. The molecule has 0 aliphatic rings. The molecule has 2 rings (SSSR count). The highest BCUT2D eigenvalue weighted by atomic mass is 16.2. The third-order valence-electron chi connectivity index (χ3n) is 4.46. The molecule has 0 fully saturated rings. The van der Waals surface area contributed by atoms with Crippen molar-refractivity contribution >= 4 is 16.9 Å². The second-order valence-electron chi connectivity index (χ2n) is 6.33. The average molecular weight is 316 g/mol. The van der Waals surface area contributed by atoms with Crippen LogP contribution in [0.15, 0.2) is 6.07 Å². The van der Waals surface area contributed by atoms with Crippen molar-refractivity contribution in [2.75, 3.05) is 6.54 Å². The molecule has 1 unspecified atom stereocenters. The Balaban J connectivity index is 2.54. The van der Waals surface area contributed by atoms with E-state index >= 15 is 0 Å². The van der Waals surface area contributed by atoms with Crippen LogP contribution in [0, 0.1) is 13.8 Å². The van der Waals surface area contributed by atoms with Crippen molar-refractivity contribution in [2.24, 2.45) is 7.05 Å². The van der Waals surface area contributed by atoms with E-state index in [-0.39, 0.29) is 11.9 Å². The van der Waals surface area contributed by atoms with Crippen LogP contribution < -0.4 is 0 Å². The van der Waals surface area contributed by atoms with Crippen molar-refractivity contribution in [3.05, 3.63) is 23.0 Å². The van der Waals surface area contributed by atoms with E-state index < -0.39 is 0 Å². The fourth-order valence-electron chi connectivity index (χ4n) is 2.96. The number of carbonyl (C=O) groups is 1. The molecule has 23 heavy (non-hydrogen) atoms. The lowest BCUT2D eigenvalue weighted by Gasteiger charge is -2.29. The number of rotatable bonds is 6. The van der Waals surface area contributed by atoms with Gasteiger partial charge in [-0.05, 0) is 39.7 Å². The van der Waals surface area contributed by atoms with Crippen molar-refractivity contribution in [3.8, 4) is 0 Å². The molecular weight excluding hydrogens is 288 g/mol. The molecule has 0 aliphatic carbocycles. The van der Waals surface area contributed by atoms with Crippen molar-refractivity contribution in [1.82, 2.24) is 19.7 Å². The first-order chi connectivity index (χ1) is 10.9. The molecule has 0 bridgehead atoms. The van der Waals surface area contributed by atoms with Gasteiger partial charge in [-0.15, -0.1) is 0 Å². The van der Waals surface area contributed by atoms with E-state index in [0.29, 0.717) is 0 Å². The molecule has 0 radical (unpaired) electrons. The minimum atomic E-state index is 0.0967. The predicted octanol–water partition coefficient (Wildman–Crippen LogP) is 3.63. The molecule has 5 nitrogen and oxygen atoms in total. The fourth-order valence-corrected chi connectivity index (χ4v) is 2.96. The first kappa shape index (κ1) is 17.4. The van der Waals surface area contributed by atoms with Crippen molar-refractivity contribution in [2.45, 2.75) is 59.9 Å². The number of aryl methyl sites for hydroxylation is 3. The molecule has 1 amide bonds. The monoisotopic (exact) mass is 316 g/mol. The molecule has 1 atom stereocenters. The first-order valence-corrected chi connectivity index (χ1v) is 8.52. The zero-order valence-electron chi connectivity index (χ0n) is 15.2. The lowest BCUT2D eigenvalue weighted by atomic mass is 10.1. The second kappa shape index (κ2) is 7.11. The normalized spacial score (nSPS) is 12.6. The SMILES string of the molecule is CCCCN(C(=O)c1cc(C)nc2c1c(C)nn2C)C(C)CC. The maximum Gasteiger partial charge on any atom is 0.254 e. The highest BCUT2D eigenvalue weighted by molar-refractivity contribution is 6.06. The Morgan fingerprint density at radius 1 is 1.35 bits per heavy atom. The number of carbonyl (C=O) groups excluding carboxylic acids is 1. The molecule has 0 aliphatic heterocycles. The van der Waals surface area contributed by atoms with E-state index in [1.807, 2.05) is 31.9 Å². The number of fused-ring (bicyclic) bond motifs is 1. The van der Waals surface area contributed by atoms with Gasteiger partial charge in [-0.3, -0.25) is 9.48 Å². The summed E-state index contributed by atoms with van der Waals surface area (Å²) in [4.78, 5) is 19.8. The van der Waals surface area contributed by atoms with Gasteiger partial charge in [0.05, 0.1) is 16.6 Å². The number of pyridine rings is 1. The van der Waals surface area contributed by atoms with E-state index in [1.165, 1.54) is 0 Å². The Morgan fingerprint density at radius 3 is 2.65 bits per heavy atom. The summed E-state index contributed by atoms with van der Waals surface area (Å²) in [5, 5.41) is 5.33. The number of unbranched alkanes of at least 4 members (excludes halogenated alkanes) is 1. The van der Waals surface area contributed by atoms with Crippen LogP contribution in [0.25, 0.3) is 11.0 Å². The molecule has 2 aromatic rings. The molecule has 0 N–H and O–H groups in total. The van der Waals surface area contributed by atoms with Crippen molar-refractivity contribution in [1.29, 1.82) is 0 Å². The number of aromatic nitrogens is 3. The van der Waals surface area contributed by atoms with E-state index in [2.05, 4.69) is 30.9 Å². The fraction of sp³-hybridized carbons (Fsp3) is 0.611. The van der Waals surface area contributed by atoms with Crippen LogP contribution in [0.3, 0.4) is 0 Å². The summed E-state index contributed by atoms with van der Waals surface area (Å²) in [7, 11) is 1.87. The Kier molecular flexibility index (Phi) is 5.39. The first-order valence-electron chi connectivity index (χ1n) is 8.52. The number of amides is 1. The molecule has 2 heterocycles. The van der Waals surface area contributed by atoms with Crippen molar-refractivity contribution < 1.29 is 4.79 Å². The summed E-state index contributed by atoms with van der Waals surface area (Å²) in [6.07, 6.45) is 3.06. The molecule has 5 heteroatoms. The number of hydrogen-bond acceptors (Lipinski definition) is 3. The summed E-state index contributed by atoms with van der Waals surface area (Å²) in [5.41, 5.74) is 3.22. The Bertz CT molecular complexity index is 705. The Labute approximate surface area is 138 Å². The summed E-state index contributed by atoms with van der Waals surface area (Å²) >= 11 is 0. The van der Waals surface area contributed by atoms with Crippen LogP contribution in [0.1, 0.15) is 61.8 Å². The largest absolute Gasteiger partial charge is 0.336 e. The van der Waals surface area contributed by atoms with Gasteiger partial charge in [0.2, 0.25) is 0 Å². The van der Waals surface area contributed by atoms with Gasteiger partial charge in [-0.1, -0.05) is 20.3 Å². The van der Waals surface area contributed by atoms with Gasteiger partial charge >= 0.3 is 0 Å². The number of nitrogens with zero attached hydrogens (tertiary/aromatic N) is 4. The third-order valence-corrected chi connectivity index (χ3v) is 4.46. The van der Waals surface area contributed by atoms with Gasteiger partial charge < -0.3 is 4.90 Å². The van der Waals surface area contributed by atoms with Gasteiger partial charge in [0, 0.05) is 25.3 Å². The van der Waals surface area contributed by atoms with Gasteiger partial charge in [0.25, 0.3) is 5.91 Å². The quantitative estimate of drug-likeness (QED) is 0.818. The highest BCUT2D eigenvalue weighted by Gasteiger charge is 2.24. The zero-order valence-corrected chi connectivity index (χ0v) is 15.2. The summed E-state index contributed by atoms with van der Waals surface area (Å²) < 4.78 is 1.76. The van der Waals surface area contributed by atoms with Crippen LogP contribution in [0.5, 0.6) is 0 Å². The van der Waals surface area contributed by atoms with Gasteiger partial charge in [-0.25, -0.2) is 4.98 Å². The highest BCUT2D eigenvalue weighted by Crippen LogP contribution is 2.24. The molecular formula is C18H28N4O. The van der Waals surface area contributed by atoms with Crippen LogP contribution in [-0.4, -0.2) is 38.2 Å². The summed E-state index contributed by atoms with van der Waals surface area (Å²) in [5.74, 6) is 0.0967. The minimum absolute atomic E-state index is 0.0967. The molecule has 0 saturated carbocycles. The maximum absolute atomic E-state index is 13.2. The minimum Gasteiger partial charge on any atom is -0.336 e. The lowest BCUT2D eigenvalue weighted by Crippen LogP contribution is -2.39. The maximum atomic E-state index is 13.2. The van der Waals surface area contributed by atoms with E-state index in [1.54, 1.807) is 4.68 Å². The molecule has 126 valence electrons. The van der Waals surface area contributed by atoms with Gasteiger partial charge in [0.1, 0.15) is 0 Å². The second-order valence-corrected chi connectivity index (χ2v) is 6.33. The van der Waals surface area contributed by atoms with E-state index in [0.717, 1.165) is 53.8 Å². The third kappa shape index (κ3) is 3.38. The van der Waals surface area contributed by atoms with Crippen LogP contribution in [-0.2, 0) is 7.05 Å². The van der Waals surface area contributed by atoms with Crippen LogP contribution >= 0.6 is 0 Å². The average Bonchev–Trinajstić information content (AvgIpc) is 2.80. The van der Waals surface area contributed by atoms with Crippen LogP contribution in [0.2, 0.25) is 0 Å². The van der Waals surface area contributed by atoms with Crippen molar-refractivity contribution in [3.63, 3.8) is 0 Å². The lowest BCUT2D eigenvalue weighted by molar-refractivity contribution is 0.0687. The Hall–Kier alpha value is -1.91. The molecule has 0 aromatic carbocycles. The van der Waals surface area contributed by atoms with Gasteiger partial charge in [-0.2, -0.15) is 5.10 Å². The zero-order chi connectivity index (χ0) is 17.1. The van der Waals surface area contributed by atoms with E-state index in [9.17, 15) is 4.79 Å². The topological polar surface area (TPSA) is 51.0 Å². The van der Waals surface area contributed by atoms with Gasteiger partial charge in [0.15, 0.2) is 5.65 Å². The van der Waals surface area contributed by atoms with Crippen LogP contribution in [0.4, 0.5) is 0 Å². The standard InChI is InChI=1S/C18H28N4O/c1-7-9-10-22(13(4)8-2)18(23)15-11-12(3)19-17-16(15)14(5)20-21(17)6/h11,13H,7-10H2,1-6H3. The predicted molar refractivity (Wildman–Crippen MR) is 93.7 cm³/mol. The molecule has 2 aromatic heterocycles. The number of hydrogen-bond donors (Lipinski definition) is 0.